The molecule has 0 saturated carbocycles. The molecular formula is C20H28N2O3. The predicted molar refractivity (Wildman–Crippen MR) is 96.4 cm³/mol. The molecule has 25 heavy (non-hydrogen) atoms. The minimum Gasteiger partial charge on any atom is -0.478 e. The lowest BCUT2D eigenvalue weighted by Gasteiger charge is -2.38. The number of hydrogen-bond acceptors (Lipinski definition) is 3. The second-order valence-corrected chi connectivity index (χ2v) is 8.01. The topological polar surface area (TPSA) is 49.9 Å². The smallest absolute Gasteiger partial charge is 0.266 e. The van der Waals surface area contributed by atoms with Gasteiger partial charge in [0.1, 0.15) is 5.75 Å². The lowest BCUT2D eigenvalue weighted by Crippen LogP contribution is -2.51. The summed E-state index contributed by atoms with van der Waals surface area (Å²) in [7, 11) is 1.86. The summed E-state index contributed by atoms with van der Waals surface area (Å²) < 4.78 is 5.97. The Morgan fingerprint density at radius 2 is 1.84 bits per heavy atom. The lowest BCUT2D eigenvalue weighted by atomic mass is 9.78. The van der Waals surface area contributed by atoms with Crippen molar-refractivity contribution in [1.29, 1.82) is 0 Å². The molecule has 0 unspecified atom stereocenters. The number of aryl methyl sites for hydroxylation is 1. The summed E-state index contributed by atoms with van der Waals surface area (Å²) in [5.41, 5.74) is -0.189. The first kappa shape index (κ1) is 17.8. The molecule has 2 heterocycles. The summed E-state index contributed by atoms with van der Waals surface area (Å²) >= 11 is 0. The van der Waals surface area contributed by atoms with Crippen LogP contribution in [-0.4, -0.2) is 53.9 Å². The van der Waals surface area contributed by atoms with Crippen molar-refractivity contribution in [3.63, 3.8) is 0 Å². The quantitative estimate of drug-likeness (QED) is 0.847. The number of rotatable bonds is 3. The molecule has 0 aliphatic carbocycles. The standard InChI is InChI=1S/C20H28N2O3/c1-15-6-8-16(9-7-15)25-19(2,3)17(23)22-13-11-20(14-22)10-5-12-21(4)18(20)24/h6-9H,5,10-14H2,1-4H3/t20-/m1/s1. The van der Waals surface area contributed by atoms with E-state index in [1.165, 1.54) is 0 Å². The molecule has 0 N–H and O–H groups in total. The van der Waals surface area contributed by atoms with Crippen molar-refractivity contribution in [3.8, 4) is 5.75 Å². The van der Waals surface area contributed by atoms with Gasteiger partial charge in [0.25, 0.3) is 5.91 Å². The van der Waals surface area contributed by atoms with Gasteiger partial charge in [-0.05, 0) is 52.2 Å². The molecule has 5 nitrogen and oxygen atoms in total. The predicted octanol–water partition coefficient (Wildman–Crippen LogP) is 2.62. The largest absolute Gasteiger partial charge is 0.478 e. The first-order valence-corrected chi connectivity index (χ1v) is 9.04. The van der Waals surface area contributed by atoms with Crippen LogP contribution in [0.3, 0.4) is 0 Å². The van der Waals surface area contributed by atoms with Crippen molar-refractivity contribution in [2.24, 2.45) is 5.41 Å². The average molecular weight is 344 g/mol. The van der Waals surface area contributed by atoms with Crippen molar-refractivity contribution in [3.05, 3.63) is 29.8 Å². The van der Waals surface area contributed by atoms with E-state index in [2.05, 4.69) is 0 Å². The maximum absolute atomic E-state index is 13.0. The van der Waals surface area contributed by atoms with E-state index in [1.807, 2.05) is 48.0 Å². The third-order valence-corrected chi connectivity index (χ3v) is 5.50. The van der Waals surface area contributed by atoms with Crippen LogP contribution in [-0.2, 0) is 9.59 Å². The third kappa shape index (κ3) is 3.37. The van der Waals surface area contributed by atoms with Gasteiger partial charge >= 0.3 is 0 Å². The van der Waals surface area contributed by atoms with Crippen LogP contribution in [0, 0.1) is 12.3 Å². The maximum Gasteiger partial charge on any atom is 0.266 e. The Morgan fingerprint density at radius 3 is 2.52 bits per heavy atom. The van der Waals surface area contributed by atoms with Crippen LogP contribution in [0.5, 0.6) is 5.75 Å². The molecular weight excluding hydrogens is 316 g/mol. The Kier molecular flexibility index (Phi) is 4.52. The van der Waals surface area contributed by atoms with Gasteiger partial charge in [0.05, 0.1) is 5.41 Å². The third-order valence-electron chi connectivity index (χ3n) is 5.50. The van der Waals surface area contributed by atoms with E-state index in [4.69, 9.17) is 4.74 Å². The van der Waals surface area contributed by atoms with Gasteiger partial charge in [0, 0.05) is 26.7 Å². The number of ether oxygens (including phenoxy) is 1. The van der Waals surface area contributed by atoms with E-state index in [9.17, 15) is 9.59 Å². The van der Waals surface area contributed by atoms with E-state index in [0.29, 0.717) is 18.8 Å². The molecule has 3 rings (SSSR count). The van der Waals surface area contributed by atoms with Gasteiger partial charge in [-0.2, -0.15) is 0 Å². The molecule has 2 amide bonds. The molecule has 0 bridgehead atoms. The second kappa shape index (κ2) is 6.36. The molecule has 2 aliphatic heterocycles. The van der Waals surface area contributed by atoms with E-state index < -0.39 is 5.60 Å². The number of benzene rings is 1. The van der Waals surface area contributed by atoms with Crippen LogP contribution < -0.4 is 4.74 Å². The number of likely N-dealkylation sites (tertiary alicyclic amines) is 2. The SMILES string of the molecule is Cc1ccc(OC(C)(C)C(=O)N2CC[C@]3(CCCN(C)C3=O)C2)cc1. The van der Waals surface area contributed by atoms with Gasteiger partial charge in [-0.25, -0.2) is 0 Å². The molecule has 2 aliphatic rings. The van der Waals surface area contributed by atoms with Gasteiger partial charge in [-0.3, -0.25) is 9.59 Å². The van der Waals surface area contributed by atoms with Crippen molar-refractivity contribution in [1.82, 2.24) is 9.80 Å². The zero-order valence-corrected chi connectivity index (χ0v) is 15.7. The Labute approximate surface area is 149 Å². The Morgan fingerprint density at radius 1 is 1.16 bits per heavy atom. The Balaban J connectivity index is 1.70. The fraction of sp³-hybridized carbons (Fsp3) is 0.600. The van der Waals surface area contributed by atoms with Gasteiger partial charge in [-0.15, -0.1) is 0 Å². The summed E-state index contributed by atoms with van der Waals surface area (Å²) in [6.07, 6.45) is 2.63. The fourth-order valence-electron chi connectivity index (χ4n) is 4.02. The normalized spacial score (nSPS) is 24.1. The van der Waals surface area contributed by atoms with E-state index in [0.717, 1.165) is 31.4 Å². The van der Waals surface area contributed by atoms with Crippen LogP contribution in [0.4, 0.5) is 0 Å². The summed E-state index contributed by atoms with van der Waals surface area (Å²) in [6.45, 7) is 7.57. The molecule has 1 spiro atoms. The summed E-state index contributed by atoms with van der Waals surface area (Å²) in [4.78, 5) is 29.3. The van der Waals surface area contributed by atoms with Crippen molar-refractivity contribution < 1.29 is 14.3 Å². The number of hydrogen-bond donors (Lipinski definition) is 0. The second-order valence-electron chi connectivity index (χ2n) is 8.01. The fourth-order valence-corrected chi connectivity index (χ4v) is 4.02. The minimum absolute atomic E-state index is 0.0500. The molecule has 1 atom stereocenters. The molecule has 0 aromatic heterocycles. The molecule has 136 valence electrons. The van der Waals surface area contributed by atoms with Crippen LogP contribution in [0.15, 0.2) is 24.3 Å². The average Bonchev–Trinajstić information content (AvgIpc) is 2.99. The van der Waals surface area contributed by atoms with Gasteiger partial charge < -0.3 is 14.5 Å². The zero-order valence-electron chi connectivity index (χ0n) is 15.7. The van der Waals surface area contributed by atoms with Gasteiger partial charge in [0.15, 0.2) is 5.60 Å². The van der Waals surface area contributed by atoms with E-state index >= 15 is 0 Å². The van der Waals surface area contributed by atoms with Gasteiger partial charge in [0.2, 0.25) is 5.91 Å². The molecule has 1 aromatic carbocycles. The maximum atomic E-state index is 13.0. The molecule has 5 heteroatoms. The monoisotopic (exact) mass is 344 g/mol. The molecule has 0 radical (unpaired) electrons. The van der Waals surface area contributed by atoms with Crippen LogP contribution in [0.2, 0.25) is 0 Å². The highest BCUT2D eigenvalue weighted by atomic mass is 16.5. The first-order chi connectivity index (χ1) is 11.7. The molecule has 2 saturated heterocycles. The number of piperidine rings is 1. The minimum atomic E-state index is -0.954. The molecule has 1 aromatic rings. The molecule has 2 fully saturated rings. The highest BCUT2D eigenvalue weighted by molar-refractivity contribution is 5.88. The van der Waals surface area contributed by atoms with E-state index in [1.54, 1.807) is 13.8 Å². The lowest BCUT2D eigenvalue weighted by molar-refractivity contribution is -0.148. The Hall–Kier alpha value is -2.04. The summed E-state index contributed by atoms with van der Waals surface area (Å²) in [5.74, 6) is 0.823. The summed E-state index contributed by atoms with van der Waals surface area (Å²) in [5, 5.41) is 0. The summed E-state index contributed by atoms with van der Waals surface area (Å²) in [6, 6.07) is 7.71. The Bertz CT molecular complexity index is 668. The first-order valence-electron chi connectivity index (χ1n) is 9.04. The zero-order chi connectivity index (χ0) is 18.2. The van der Waals surface area contributed by atoms with Gasteiger partial charge in [-0.1, -0.05) is 17.7 Å². The van der Waals surface area contributed by atoms with Crippen LogP contribution >= 0.6 is 0 Å². The number of amides is 2. The van der Waals surface area contributed by atoms with E-state index in [-0.39, 0.29) is 17.2 Å². The highest BCUT2D eigenvalue weighted by Crippen LogP contribution is 2.40. The highest BCUT2D eigenvalue weighted by Gasteiger charge is 2.50. The van der Waals surface area contributed by atoms with Crippen LogP contribution in [0.1, 0.15) is 38.7 Å². The number of nitrogens with zero attached hydrogens (tertiary/aromatic N) is 2. The number of carbonyl (C=O) groups excluding carboxylic acids is 2. The van der Waals surface area contributed by atoms with Crippen molar-refractivity contribution in [2.45, 2.75) is 45.6 Å². The van der Waals surface area contributed by atoms with Crippen LogP contribution in [0.25, 0.3) is 0 Å². The van der Waals surface area contributed by atoms with Crippen molar-refractivity contribution in [2.75, 3.05) is 26.7 Å². The van der Waals surface area contributed by atoms with Crippen molar-refractivity contribution >= 4 is 11.8 Å². The number of carbonyl (C=O) groups is 2.